The van der Waals surface area contributed by atoms with Crippen molar-refractivity contribution in [3.05, 3.63) is 63.2 Å². The predicted octanol–water partition coefficient (Wildman–Crippen LogP) is 0.625. The number of hydrogen-bond donors (Lipinski definition) is 15. The van der Waals surface area contributed by atoms with Crippen molar-refractivity contribution in [2.24, 2.45) is 0 Å². The van der Waals surface area contributed by atoms with Crippen LogP contribution in [0.4, 0.5) is 4.79 Å². The van der Waals surface area contributed by atoms with E-state index in [1.807, 2.05) is 22.6 Å². The van der Waals surface area contributed by atoms with Gasteiger partial charge in [-0.3, -0.25) is 57.9 Å². The summed E-state index contributed by atoms with van der Waals surface area (Å²) in [5, 5.41) is 94.9. The van der Waals surface area contributed by atoms with E-state index in [0.29, 0.717) is 53.2 Å². The number of unbranched alkanes of at least 4 members (excludes halogenated alkanes) is 5. The Hall–Kier alpha value is -7.72. The molecule has 3 rings (SSSR count). The summed E-state index contributed by atoms with van der Waals surface area (Å²) < 4.78 is 0.424. The van der Waals surface area contributed by atoms with Crippen LogP contribution in [0.25, 0.3) is 0 Å². The van der Waals surface area contributed by atoms with E-state index >= 15 is 0 Å². The third-order valence-electron chi connectivity index (χ3n) is 14.8. The number of phenolic OH excluding ortho intramolecular Hbond substituents is 1. The first-order valence-corrected chi connectivity index (χ1v) is 31.1. The first-order chi connectivity index (χ1) is 43.2. The van der Waals surface area contributed by atoms with Gasteiger partial charge in [-0.05, 0) is 110 Å². The average molecular weight is 1460 g/mol. The van der Waals surface area contributed by atoms with Crippen molar-refractivity contribution in [1.82, 2.24) is 51.9 Å². The molecular weight excluding hydrogens is 1380 g/mol. The minimum Gasteiger partial charge on any atom is -0.507 e. The van der Waals surface area contributed by atoms with Gasteiger partial charge in [-0.15, -0.1) is 0 Å². The standard InChI is InChI=1S/C59H85IN10O21.Cu/c60-39-32-38(18-21-46(39)71)34-43(63-49(74)22-20-45(58(89)90)70-30-28-68(35-51(77)78)26-27-69(29-31-70)36-52(79)80)53(81)65-44(33-37-12-4-3-5-13-37)54(82)64-40(55(83)84)14-8-10-24-61-47(72)16-6-1-2-7-17-48(73)62-25-11-9-15-41(56(85)86)66-59(91)67-42(57(87)88)19-23-50(75)76;/h3-5,12-13,18,21,32,40-45,71H,1-2,6-11,14-17,19-20,22-31,33-36H2,(H,61,72)(H,62,73)(H,63,74)(H,64,82)(H,65,81)(H,75,76)(H,77,78)(H,79,80)(H,83,84)(H,85,86)(H,87,88)(H,89,90)(H2,66,67,91);/t40-,41?,42+,43?,44?,45?;/m1./s1/i;1+3. The third kappa shape index (κ3) is 33.6. The summed E-state index contributed by atoms with van der Waals surface area (Å²) in [5.41, 5.74) is 1.08. The van der Waals surface area contributed by atoms with Crippen molar-refractivity contribution in [1.29, 1.82) is 0 Å². The first kappa shape index (κ1) is 80.4. The van der Waals surface area contributed by atoms with Crippen LogP contribution in [0.1, 0.15) is 114 Å². The quantitative estimate of drug-likeness (QED) is 0.0246. The summed E-state index contributed by atoms with van der Waals surface area (Å²) >= 11 is 1.88. The molecular formula is C59H85CuIN10O21. The number of hydrogen-bond acceptors (Lipinski definition) is 17. The Balaban J connectivity index is 0.0000288. The molecule has 2 aromatic carbocycles. The molecule has 1 radical (unpaired) electrons. The molecule has 31 nitrogen and oxygen atoms in total. The van der Waals surface area contributed by atoms with Gasteiger partial charge in [-0.1, -0.05) is 49.2 Å². The van der Waals surface area contributed by atoms with Crippen LogP contribution in [0, 0.1) is 3.57 Å². The van der Waals surface area contributed by atoms with E-state index in [4.69, 9.17) is 5.11 Å². The summed E-state index contributed by atoms with van der Waals surface area (Å²) in [7, 11) is 0. The van der Waals surface area contributed by atoms with Gasteiger partial charge in [-0.2, -0.15) is 0 Å². The number of phenols is 1. The van der Waals surface area contributed by atoms with Gasteiger partial charge < -0.3 is 78.1 Å². The van der Waals surface area contributed by atoms with E-state index in [1.54, 1.807) is 51.1 Å². The topological polar surface area (TPSA) is 478 Å². The molecule has 7 amide bonds. The van der Waals surface area contributed by atoms with E-state index in [-0.39, 0.29) is 158 Å². The second-order valence-corrected chi connectivity index (χ2v) is 23.1. The first-order valence-electron chi connectivity index (χ1n) is 30.0. The number of carboxylic acid groups (broad SMARTS) is 7. The monoisotopic (exact) mass is 1460 g/mol. The van der Waals surface area contributed by atoms with Crippen molar-refractivity contribution >= 4 is 99.9 Å². The number of aliphatic carboxylic acids is 7. The molecule has 1 saturated heterocycles. The Kier molecular flexibility index (Phi) is 38.4. The number of amides is 7. The summed E-state index contributed by atoms with van der Waals surface area (Å²) in [6.45, 7) is 0.560. The van der Waals surface area contributed by atoms with Crippen molar-refractivity contribution in [3.63, 3.8) is 0 Å². The minimum absolute atomic E-state index is 0. The third-order valence-corrected chi connectivity index (χ3v) is 15.6. The fourth-order valence-electron chi connectivity index (χ4n) is 9.79. The molecule has 15 N–H and O–H groups in total. The molecule has 1 aliphatic rings. The number of carbonyl (C=O) groups is 13. The zero-order valence-corrected chi connectivity index (χ0v) is 53.9. The fourth-order valence-corrected chi connectivity index (χ4v) is 10.4. The zero-order chi connectivity index (χ0) is 67.4. The number of rotatable bonds is 43. The minimum atomic E-state index is -1.54. The Morgan fingerprint density at radius 2 is 0.891 bits per heavy atom. The van der Waals surface area contributed by atoms with E-state index in [9.17, 15) is 98.1 Å². The number of aromatic hydroxyl groups is 1. The van der Waals surface area contributed by atoms with Crippen LogP contribution in [0.15, 0.2) is 48.5 Å². The number of benzene rings is 2. The molecule has 0 aromatic heterocycles. The summed E-state index contributed by atoms with van der Waals surface area (Å²) in [6, 6.07) is 3.57. The maximum Gasteiger partial charge on any atom is 0.326 e. The van der Waals surface area contributed by atoms with Gasteiger partial charge in [-0.25, -0.2) is 19.2 Å². The van der Waals surface area contributed by atoms with Crippen molar-refractivity contribution in [2.75, 3.05) is 65.4 Å². The van der Waals surface area contributed by atoms with Crippen LogP contribution in [-0.4, -0.2) is 235 Å². The van der Waals surface area contributed by atoms with E-state index in [1.165, 1.54) is 12.1 Å². The van der Waals surface area contributed by atoms with Gasteiger partial charge in [0.2, 0.25) is 29.5 Å². The largest absolute Gasteiger partial charge is 0.507 e. The molecule has 1 heterocycles. The van der Waals surface area contributed by atoms with Crippen molar-refractivity contribution in [3.8, 4) is 5.75 Å². The number of nitrogens with one attached hydrogen (secondary N) is 7. The molecule has 2 aromatic rings. The molecule has 4 unspecified atom stereocenters. The van der Waals surface area contributed by atoms with Crippen molar-refractivity contribution in [2.45, 2.75) is 152 Å². The van der Waals surface area contributed by atoms with Crippen LogP contribution in [0.2, 0.25) is 0 Å². The van der Waals surface area contributed by atoms with E-state index < -0.39 is 121 Å². The molecule has 1 aliphatic heterocycles. The molecule has 0 saturated carbocycles. The van der Waals surface area contributed by atoms with Crippen LogP contribution in [0.5, 0.6) is 5.75 Å². The number of nitrogens with zero attached hydrogens (tertiary/aromatic N) is 3. The van der Waals surface area contributed by atoms with Gasteiger partial charge in [0, 0.05) is 108 Å². The second-order valence-electron chi connectivity index (χ2n) is 22.0. The molecule has 0 spiro atoms. The van der Waals surface area contributed by atoms with Gasteiger partial charge in [0.1, 0.15) is 42.0 Å². The molecule has 1 fully saturated rings. The summed E-state index contributed by atoms with van der Waals surface area (Å²) in [6.07, 6.45) is 2.09. The molecule has 515 valence electrons. The molecule has 0 bridgehead atoms. The van der Waals surface area contributed by atoms with Gasteiger partial charge in [0.05, 0.1) is 16.7 Å². The average Bonchev–Trinajstić information content (AvgIpc) is 1.10. The molecule has 92 heavy (non-hydrogen) atoms. The molecule has 6 atom stereocenters. The number of halogens is 1. The van der Waals surface area contributed by atoms with Crippen LogP contribution in [-0.2, 0) is 87.4 Å². The molecule has 0 aliphatic carbocycles. The van der Waals surface area contributed by atoms with Gasteiger partial charge in [0.15, 0.2) is 0 Å². The summed E-state index contributed by atoms with van der Waals surface area (Å²) in [4.78, 5) is 166. The van der Waals surface area contributed by atoms with Crippen LogP contribution >= 0.6 is 22.6 Å². The van der Waals surface area contributed by atoms with Gasteiger partial charge >= 0.3 is 47.8 Å². The smallest absolute Gasteiger partial charge is 0.326 e. The maximum absolute atomic E-state index is 14.4. The molecule has 33 heteroatoms. The fraction of sp³-hybridized carbons (Fsp3) is 0.576. The Morgan fingerprint density at radius 1 is 0.435 bits per heavy atom. The Labute approximate surface area is 555 Å². The second kappa shape index (κ2) is 43.9. The van der Waals surface area contributed by atoms with E-state index in [2.05, 4.69) is 37.2 Å². The van der Waals surface area contributed by atoms with Crippen molar-refractivity contribution < 1.29 is 120 Å². The predicted molar refractivity (Wildman–Crippen MR) is 331 cm³/mol. The Morgan fingerprint density at radius 3 is 1.36 bits per heavy atom. The number of urea groups is 1. The SMILES string of the molecule is O=C(O)CC[C@H](NC(=O)NC(CCCCNC(=O)CCCCCCC(=O)NCCCC[C@@H](NC(=O)C(Cc1ccccc1)NC(=O)C(Cc1ccc(O)c(I)c1)NC(=O)CCC(C(=O)O)N1CCN(CC(=O)O)CCN(CC(=O)O)CC1)C(=O)O)C(=O)O)C(=O)O.[67Cu]. The van der Waals surface area contributed by atoms with Crippen LogP contribution < -0.4 is 37.2 Å². The number of carbonyl (C=O) groups excluding carboxylic acids is 6. The van der Waals surface area contributed by atoms with Crippen LogP contribution in [0.3, 0.4) is 0 Å². The number of carboxylic acids is 7. The van der Waals surface area contributed by atoms with E-state index in [0.717, 1.165) is 0 Å². The normalized spacial score (nSPS) is 14.8. The van der Waals surface area contributed by atoms with Gasteiger partial charge in [0.25, 0.3) is 0 Å². The maximum atomic E-state index is 14.4. The Bertz CT molecular complexity index is 2760. The zero-order valence-electron chi connectivity index (χ0n) is 50.8. The summed E-state index contributed by atoms with van der Waals surface area (Å²) in [5.74, 6) is -12.0.